The summed E-state index contributed by atoms with van der Waals surface area (Å²) in [7, 11) is -1.56. The minimum absolute atomic E-state index is 0.310. The zero-order chi connectivity index (χ0) is 15.1. The van der Waals surface area contributed by atoms with Gasteiger partial charge in [0.1, 0.15) is 0 Å². The topological polar surface area (TPSA) is 70.7 Å². The Balaban J connectivity index is 1.85. The van der Waals surface area contributed by atoms with Crippen molar-refractivity contribution in [3.8, 4) is 0 Å². The smallest absolute Gasteiger partial charge is 0.240 e. The molecule has 1 heterocycles. The first-order valence-electron chi connectivity index (χ1n) is 7.15. The van der Waals surface area contributed by atoms with Gasteiger partial charge in [-0.1, -0.05) is 12.1 Å². The molecule has 0 spiro atoms. The Morgan fingerprint density at radius 3 is 2.48 bits per heavy atom. The van der Waals surface area contributed by atoms with Crippen molar-refractivity contribution in [3.05, 3.63) is 29.8 Å². The average molecular weight is 313 g/mol. The van der Waals surface area contributed by atoms with Gasteiger partial charge in [0.15, 0.2) is 0 Å². The number of nitrogens with zero attached hydrogens (tertiary/aromatic N) is 1. The zero-order valence-electron chi connectivity index (χ0n) is 12.3. The van der Waals surface area contributed by atoms with Crippen LogP contribution in [0.2, 0.25) is 0 Å². The minimum atomic E-state index is -3.42. The average Bonchev–Trinajstić information content (AvgIpc) is 2.49. The van der Waals surface area contributed by atoms with Gasteiger partial charge in [0, 0.05) is 32.7 Å². The molecule has 6 nitrogen and oxygen atoms in total. The summed E-state index contributed by atoms with van der Waals surface area (Å²) in [5, 5.41) is 3.03. The highest BCUT2D eigenvalue weighted by Crippen LogP contribution is 2.10. The molecule has 0 saturated carbocycles. The molecule has 1 fully saturated rings. The Hall–Kier alpha value is -0.990. The van der Waals surface area contributed by atoms with Gasteiger partial charge in [0.25, 0.3) is 0 Å². The highest BCUT2D eigenvalue weighted by atomic mass is 32.2. The molecule has 118 valence electrons. The van der Waals surface area contributed by atoms with Gasteiger partial charge in [0.2, 0.25) is 10.0 Å². The lowest BCUT2D eigenvalue weighted by Gasteiger charge is -2.26. The highest BCUT2D eigenvalue weighted by molar-refractivity contribution is 7.89. The first-order valence-corrected chi connectivity index (χ1v) is 8.63. The minimum Gasteiger partial charge on any atom is -0.379 e. The van der Waals surface area contributed by atoms with Crippen molar-refractivity contribution in [3.63, 3.8) is 0 Å². The third kappa shape index (κ3) is 5.05. The summed E-state index contributed by atoms with van der Waals surface area (Å²) in [6.45, 7) is 5.02. The molecule has 1 aromatic carbocycles. The van der Waals surface area contributed by atoms with Crippen molar-refractivity contribution in [2.24, 2.45) is 0 Å². The Morgan fingerprint density at radius 1 is 1.19 bits per heavy atom. The molecule has 1 aromatic rings. The third-order valence-electron chi connectivity index (χ3n) is 3.44. The molecule has 0 unspecified atom stereocenters. The molecule has 0 aliphatic carbocycles. The molecule has 0 amide bonds. The van der Waals surface area contributed by atoms with Gasteiger partial charge < -0.3 is 10.1 Å². The van der Waals surface area contributed by atoms with Gasteiger partial charge in [-0.05, 0) is 24.7 Å². The maximum atomic E-state index is 12.2. The van der Waals surface area contributed by atoms with Crippen LogP contribution in [-0.4, -0.2) is 59.8 Å². The van der Waals surface area contributed by atoms with E-state index in [4.69, 9.17) is 4.74 Å². The SMILES string of the molecule is CNCc1ccc(S(=O)(=O)NCCN2CCOCC2)cc1. The Kier molecular flexibility index (Phi) is 6.13. The molecule has 2 N–H and O–H groups in total. The second-order valence-corrected chi connectivity index (χ2v) is 6.79. The van der Waals surface area contributed by atoms with Crippen LogP contribution in [0.3, 0.4) is 0 Å². The van der Waals surface area contributed by atoms with Crippen molar-refractivity contribution in [2.75, 3.05) is 46.4 Å². The van der Waals surface area contributed by atoms with E-state index in [1.165, 1.54) is 0 Å². The quantitative estimate of drug-likeness (QED) is 0.742. The van der Waals surface area contributed by atoms with Crippen LogP contribution < -0.4 is 10.0 Å². The Labute approximate surface area is 126 Å². The van der Waals surface area contributed by atoms with Crippen molar-refractivity contribution in [1.29, 1.82) is 0 Å². The zero-order valence-corrected chi connectivity index (χ0v) is 13.2. The van der Waals surface area contributed by atoms with Crippen LogP contribution in [0.15, 0.2) is 29.2 Å². The second-order valence-electron chi connectivity index (χ2n) is 5.03. The number of ether oxygens (including phenoxy) is 1. The van der Waals surface area contributed by atoms with Crippen LogP contribution in [0.4, 0.5) is 0 Å². The van der Waals surface area contributed by atoms with Crippen molar-refractivity contribution >= 4 is 10.0 Å². The van der Waals surface area contributed by atoms with Crippen LogP contribution >= 0.6 is 0 Å². The monoisotopic (exact) mass is 313 g/mol. The van der Waals surface area contributed by atoms with E-state index in [-0.39, 0.29) is 0 Å². The fraction of sp³-hybridized carbons (Fsp3) is 0.571. The predicted octanol–water partition coefficient (Wildman–Crippen LogP) is 0.0165. The number of sulfonamides is 1. The van der Waals surface area contributed by atoms with Crippen LogP contribution in [0.1, 0.15) is 5.56 Å². The predicted molar refractivity (Wildman–Crippen MR) is 81.7 cm³/mol. The first kappa shape index (κ1) is 16.4. The maximum absolute atomic E-state index is 12.2. The summed E-state index contributed by atoms with van der Waals surface area (Å²) in [6.07, 6.45) is 0. The van der Waals surface area contributed by atoms with Gasteiger partial charge in [-0.3, -0.25) is 4.90 Å². The van der Waals surface area contributed by atoms with Gasteiger partial charge in [-0.2, -0.15) is 0 Å². The number of benzene rings is 1. The molecular formula is C14H23N3O3S. The highest BCUT2D eigenvalue weighted by Gasteiger charge is 2.15. The fourth-order valence-corrected chi connectivity index (χ4v) is 3.26. The lowest BCUT2D eigenvalue weighted by Crippen LogP contribution is -2.41. The van der Waals surface area contributed by atoms with Crippen molar-refractivity contribution < 1.29 is 13.2 Å². The van der Waals surface area contributed by atoms with E-state index in [1.54, 1.807) is 12.1 Å². The van der Waals surface area contributed by atoms with E-state index >= 15 is 0 Å². The summed E-state index contributed by atoms with van der Waals surface area (Å²) in [4.78, 5) is 2.51. The van der Waals surface area contributed by atoms with Crippen LogP contribution in [0.25, 0.3) is 0 Å². The standard InChI is InChI=1S/C14H23N3O3S/c1-15-12-13-2-4-14(5-3-13)21(18,19)16-6-7-17-8-10-20-11-9-17/h2-5,15-16H,6-12H2,1H3. The van der Waals surface area contributed by atoms with E-state index in [9.17, 15) is 8.42 Å². The molecule has 0 radical (unpaired) electrons. The van der Waals surface area contributed by atoms with Gasteiger partial charge in [0.05, 0.1) is 18.1 Å². The molecule has 1 saturated heterocycles. The van der Waals surface area contributed by atoms with E-state index in [0.29, 0.717) is 18.0 Å². The summed E-state index contributed by atoms with van der Waals surface area (Å²) in [6, 6.07) is 6.94. The lowest BCUT2D eigenvalue weighted by atomic mass is 10.2. The molecule has 0 atom stereocenters. The molecule has 1 aliphatic rings. The number of morpholine rings is 1. The summed E-state index contributed by atoms with van der Waals surface area (Å²) >= 11 is 0. The summed E-state index contributed by atoms with van der Waals surface area (Å²) < 4.78 is 32.3. The van der Waals surface area contributed by atoms with Crippen LogP contribution in [-0.2, 0) is 21.3 Å². The van der Waals surface area contributed by atoms with Gasteiger partial charge in [-0.25, -0.2) is 13.1 Å². The molecule has 0 bridgehead atoms. The number of nitrogens with one attached hydrogen (secondary N) is 2. The number of rotatable bonds is 7. The van der Waals surface area contributed by atoms with Gasteiger partial charge in [-0.15, -0.1) is 0 Å². The molecule has 1 aliphatic heterocycles. The Morgan fingerprint density at radius 2 is 1.86 bits per heavy atom. The number of hydrogen-bond donors (Lipinski definition) is 2. The maximum Gasteiger partial charge on any atom is 0.240 e. The third-order valence-corrected chi connectivity index (χ3v) is 4.92. The van der Waals surface area contributed by atoms with E-state index in [2.05, 4.69) is 14.9 Å². The summed E-state index contributed by atoms with van der Waals surface area (Å²) in [5.74, 6) is 0. The molecule has 2 rings (SSSR count). The van der Waals surface area contributed by atoms with Gasteiger partial charge >= 0.3 is 0 Å². The molecule has 7 heteroatoms. The summed E-state index contributed by atoms with van der Waals surface area (Å²) in [5.41, 5.74) is 1.06. The lowest BCUT2D eigenvalue weighted by molar-refractivity contribution is 0.0390. The van der Waals surface area contributed by atoms with Crippen LogP contribution in [0, 0.1) is 0 Å². The fourth-order valence-electron chi connectivity index (χ4n) is 2.24. The normalized spacial score (nSPS) is 17.0. The molecule has 21 heavy (non-hydrogen) atoms. The molecular weight excluding hydrogens is 290 g/mol. The first-order chi connectivity index (χ1) is 10.1. The van der Waals surface area contributed by atoms with Crippen molar-refractivity contribution in [2.45, 2.75) is 11.4 Å². The van der Waals surface area contributed by atoms with Crippen molar-refractivity contribution in [1.82, 2.24) is 14.9 Å². The second kappa shape index (κ2) is 7.86. The van der Waals surface area contributed by atoms with Crippen LogP contribution in [0.5, 0.6) is 0 Å². The Bertz CT molecular complexity index is 525. The largest absolute Gasteiger partial charge is 0.379 e. The number of hydrogen-bond acceptors (Lipinski definition) is 5. The van der Waals surface area contributed by atoms with E-state index < -0.39 is 10.0 Å². The molecule has 0 aromatic heterocycles. The van der Waals surface area contributed by atoms with E-state index in [0.717, 1.165) is 38.4 Å². The van der Waals surface area contributed by atoms with E-state index in [1.807, 2.05) is 19.2 Å².